The number of hydrazine groups is 1. The molecular weight excluding hydrogens is 480 g/mol. The van der Waals surface area contributed by atoms with Gasteiger partial charge in [0.25, 0.3) is 11.8 Å². The van der Waals surface area contributed by atoms with E-state index in [-0.39, 0.29) is 16.9 Å². The number of hydrogen-bond donors (Lipinski definition) is 2. The van der Waals surface area contributed by atoms with Gasteiger partial charge in [-0.2, -0.15) is 0 Å². The predicted octanol–water partition coefficient (Wildman–Crippen LogP) is 6.40. The lowest BCUT2D eigenvalue weighted by molar-refractivity contribution is 0.0847. The number of hydrogen-bond acceptors (Lipinski definition) is 4. The molecule has 4 rings (SSSR count). The smallest absolute Gasteiger partial charge is 0.281 e. The Morgan fingerprint density at radius 1 is 0.686 bits per heavy atom. The molecule has 2 N–H and O–H groups in total. The average Bonchev–Trinajstić information content (AvgIpc) is 3.21. The fraction of sp³-hybridized carbons (Fsp3) is 0.179. The Hall–Kier alpha value is -3.48. The molecule has 178 valence electrons. The monoisotopic (exact) mass is 504 g/mol. The zero-order chi connectivity index (χ0) is 25.4. The summed E-state index contributed by atoms with van der Waals surface area (Å²) in [5.74, 6) is -1.34. The Morgan fingerprint density at radius 2 is 1.20 bits per heavy atom. The molecule has 4 aromatic rings. The summed E-state index contributed by atoms with van der Waals surface area (Å²) in [6, 6.07) is 14.0. The molecule has 0 spiro atoms. The van der Waals surface area contributed by atoms with Crippen LogP contribution in [0.5, 0.6) is 0 Å². The number of nitrogens with one attached hydrogen (secondary N) is 2. The Balaban J connectivity index is 1.61. The van der Waals surface area contributed by atoms with Crippen LogP contribution in [0.3, 0.4) is 0 Å². The van der Waals surface area contributed by atoms with Crippen LogP contribution >= 0.6 is 22.9 Å². The summed E-state index contributed by atoms with van der Waals surface area (Å²) in [6.07, 6.45) is 0. The van der Waals surface area contributed by atoms with Gasteiger partial charge in [0, 0.05) is 21.2 Å². The Bertz CT molecular complexity index is 1490. The van der Waals surface area contributed by atoms with E-state index in [1.54, 1.807) is 24.3 Å². The van der Waals surface area contributed by atoms with Crippen LogP contribution in [-0.2, 0) is 0 Å². The van der Waals surface area contributed by atoms with E-state index >= 15 is 0 Å². The molecule has 1 aromatic heterocycles. The van der Waals surface area contributed by atoms with Crippen molar-refractivity contribution in [2.45, 2.75) is 34.6 Å². The first kappa shape index (κ1) is 24.6. The summed E-state index contributed by atoms with van der Waals surface area (Å²) >= 11 is 7.62. The molecule has 0 fully saturated rings. The lowest BCUT2D eigenvalue weighted by Crippen LogP contribution is -2.42. The fourth-order valence-electron chi connectivity index (χ4n) is 4.25. The van der Waals surface area contributed by atoms with Crippen molar-refractivity contribution in [3.8, 4) is 0 Å². The number of carbonyl (C=O) groups excluding carboxylic acids is 3. The second kappa shape index (κ2) is 9.64. The number of carbonyl (C=O) groups is 3. The van der Waals surface area contributed by atoms with E-state index in [0.29, 0.717) is 15.5 Å². The third-order valence-corrected chi connectivity index (χ3v) is 8.35. The van der Waals surface area contributed by atoms with E-state index in [1.165, 1.54) is 11.3 Å². The van der Waals surface area contributed by atoms with E-state index < -0.39 is 11.8 Å². The lowest BCUT2D eigenvalue weighted by Gasteiger charge is -2.19. The summed E-state index contributed by atoms with van der Waals surface area (Å²) < 4.78 is 0.874. The molecule has 0 aliphatic carbocycles. The predicted molar refractivity (Wildman–Crippen MR) is 142 cm³/mol. The van der Waals surface area contributed by atoms with Gasteiger partial charge < -0.3 is 0 Å². The summed E-state index contributed by atoms with van der Waals surface area (Å²) in [6.45, 7) is 9.91. The average molecular weight is 505 g/mol. The third kappa shape index (κ3) is 4.35. The van der Waals surface area contributed by atoms with Crippen LogP contribution in [0.4, 0.5) is 0 Å². The second-order valence-electron chi connectivity index (χ2n) is 8.52. The molecule has 0 radical (unpaired) electrons. The molecule has 0 unspecified atom stereocenters. The highest BCUT2D eigenvalue weighted by Crippen LogP contribution is 2.35. The summed E-state index contributed by atoms with van der Waals surface area (Å²) in [5, 5.41) is 1.12. The van der Waals surface area contributed by atoms with Gasteiger partial charge in [-0.05, 0) is 74.6 Å². The van der Waals surface area contributed by atoms with Gasteiger partial charge >= 0.3 is 0 Å². The largest absolute Gasteiger partial charge is 0.289 e. The van der Waals surface area contributed by atoms with Crippen molar-refractivity contribution in [3.05, 3.63) is 103 Å². The van der Waals surface area contributed by atoms with E-state index in [9.17, 15) is 14.4 Å². The molecule has 0 saturated heterocycles. The van der Waals surface area contributed by atoms with Crippen LogP contribution in [0.15, 0.2) is 48.5 Å². The minimum Gasteiger partial charge on any atom is -0.289 e. The number of fused-ring (bicyclic) bond motifs is 1. The first-order valence-electron chi connectivity index (χ1n) is 11.1. The maximum atomic E-state index is 13.6. The fourth-order valence-corrected chi connectivity index (χ4v) is 5.66. The van der Waals surface area contributed by atoms with E-state index in [2.05, 4.69) is 10.9 Å². The van der Waals surface area contributed by atoms with Crippen LogP contribution in [0, 0.1) is 34.6 Å². The Labute approximate surface area is 213 Å². The topological polar surface area (TPSA) is 75.3 Å². The molecule has 5 nitrogen and oxygen atoms in total. The molecule has 7 heteroatoms. The zero-order valence-corrected chi connectivity index (χ0v) is 21.7. The van der Waals surface area contributed by atoms with Crippen LogP contribution < -0.4 is 10.9 Å². The number of amides is 2. The van der Waals surface area contributed by atoms with E-state index in [0.717, 1.165) is 37.9 Å². The quantitative estimate of drug-likeness (QED) is 0.249. The maximum absolute atomic E-state index is 13.6. The second-order valence-corrected chi connectivity index (χ2v) is 9.95. The number of benzene rings is 3. The molecule has 0 atom stereocenters. The molecule has 1 heterocycles. The number of rotatable bonds is 4. The van der Waals surface area contributed by atoms with Crippen molar-refractivity contribution in [2.24, 2.45) is 0 Å². The van der Waals surface area contributed by atoms with Crippen LogP contribution in [0.1, 0.15) is 63.8 Å². The van der Waals surface area contributed by atoms with Crippen LogP contribution in [0.2, 0.25) is 5.02 Å². The van der Waals surface area contributed by atoms with Crippen molar-refractivity contribution in [1.29, 1.82) is 0 Å². The van der Waals surface area contributed by atoms with Crippen molar-refractivity contribution >= 4 is 50.6 Å². The van der Waals surface area contributed by atoms with Gasteiger partial charge in [0.1, 0.15) is 4.88 Å². The van der Waals surface area contributed by atoms with Crippen LogP contribution in [0.25, 0.3) is 10.1 Å². The number of ketones is 1. The molecule has 0 bridgehead atoms. The number of halogens is 1. The van der Waals surface area contributed by atoms with Gasteiger partial charge in [0.15, 0.2) is 5.78 Å². The van der Waals surface area contributed by atoms with Crippen molar-refractivity contribution in [1.82, 2.24) is 10.9 Å². The molecule has 2 amide bonds. The summed E-state index contributed by atoms with van der Waals surface area (Å²) in [4.78, 5) is 39.7. The lowest BCUT2D eigenvalue weighted by atomic mass is 9.85. The normalized spacial score (nSPS) is 10.9. The van der Waals surface area contributed by atoms with Crippen molar-refractivity contribution < 1.29 is 14.4 Å². The molecular formula is C28H25ClN2O3S. The maximum Gasteiger partial charge on any atom is 0.281 e. The number of thiophene rings is 1. The summed E-state index contributed by atoms with van der Waals surface area (Å²) in [5.41, 5.74) is 11.0. The van der Waals surface area contributed by atoms with Gasteiger partial charge in [-0.15, -0.1) is 11.3 Å². The first-order valence-corrected chi connectivity index (χ1v) is 12.3. The van der Waals surface area contributed by atoms with Gasteiger partial charge in [0.05, 0.1) is 10.6 Å². The first-order chi connectivity index (χ1) is 16.6. The molecule has 3 aromatic carbocycles. The third-order valence-electron chi connectivity index (χ3n) is 6.67. The van der Waals surface area contributed by atoms with Gasteiger partial charge in [-0.25, -0.2) is 0 Å². The summed E-state index contributed by atoms with van der Waals surface area (Å²) in [7, 11) is 0. The van der Waals surface area contributed by atoms with E-state index in [4.69, 9.17) is 11.6 Å². The van der Waals surface area contributed by atoms with Gasteiger partial charge in [-0.3, -0.25) is 25.2 Å². The zero-order valence-electron chi connectivity index (χ0n) is 20.1. The highest BCUT2D eigenvalue weighted by atomic mass is 35.5. The minimum absolute atomic E-state index is 0.176. The molecule has 35 heavy (non-hydrogen) atoms. The standard InChI is InChI=1S/C28H25ClN2O3S/c1-14-15(2)17(4)23(18(5)16(14)3)25(32)19-10-6-7-11-20(19)27(33)30-31-28(34)26-24(29)21-12-8-9-13-22(21)35-26/h6-13H,1-5H3,(H,30,33)(H,31,34). The highest BCUT2D eigenvalue weighted by molar-refractivity contribution is 7.21. The minimum atomic E-state index is -0.588. The SMILES string of the molecule is Cc1c(C)c(C)c(C(=O)c2ccccc2C(=O)NNC(=O)c2sc3ccccc3c2Cl)c(C)c1C. The Morgan fingerprint density at radius 3 is 1.83 bits per heavy atom. The van der Waals surface area contributed by atoms with Crippen LogP contribution in [-0.4, -0.2) is 17.6 Å². The Kier molecular flexibility index (Phi) is 6.79. The molecule has 0 aliphatic heterocycles. The van der Waals surface area contributed by atoms with Crippen molar-refractivity contribution in [3.63, 3.8) is 0 Å². The molecule has 0 saturated carbocycles. The van der Waals surface area contributed by atoms with E-state index in [1.807, 2.05) is 58.9 Å². The van der Waals surface area contributed by atoms with Crippen molar-refractivity contribution in [2.75, 3.05) is 0 Å². The van der Waals surface area contributed by atoms with Gasteiger partial charge in [-0.1, -0.05) is 48.0 Å². The highest BCUT2D eigenvalue weighted by Gasteiger charge is 2.24. The van der Waals surface area contributed by atoms with Gasteiger partial charge in [0.2, 0.25) is 0 Å². The molecule has 0 aliphatic rings.